The molecule has 0 aliphatic rings. The van der Waals surface area contributed by atoms with Gasteiger partial charge < -0.3 is 5.32 Å². The average molecular weight is 367 g/mol. The average Bonchev–Trinajstić information content (AvgIpc) is 2.69. The molecule has 0 aliphatic carbocycles. The van der Waals surface area contributed by atoms with Crippen LogP contribution in [0.2, 0.25) is 0 Å². The molecule has 0 saturated heterocycles. The van der Waals surface area contributed by atoms with Crippen LogP contribution in [0.3, 0.4) is 0 Å². The lowest BCUT2D eigenvalue weighted by molar-refractivity contribution is 0.590. The van der Waals surface area contributed by atoms with Crippen LogP contribution < -0.4 is 5.32 Å². The third-order valence-corrected chi connectivity index (χ3v) is 5.09. The van der Waals surface area contributed by atoms with Gasteiger partial charge in [0.05, 0.1) is 16.9 Å². The highest BCUT2D eigenvalue weighted by Crippen LogP contribution is 2.31. The number of benzene rings is 3. The van der Waals surface area contributed by atoms with E-state index < -0.39 is 0 Å². The minimum Gasteiger partial charge on any atom is -0.355 e. The Morgan fingerprint density at radius 3 is 2.14 bits per heavy atom. The van der Waals surface area contributed by atoms with Gasteiger partial charge in [0.25, 0.3) is 0 Å². The van der Waals surface area contributed by atoms with Crippen LogP contribution in [0.25, 0.3) is 22.2 Å². The minimum absolute atomic E-state index is 0.146. The van der Waals surface area contributed by atoms with Crippen molar-refractivity contribution in [2.24, 2.45) is 0 Å². The van der Waals surface area contributed by atoms with Gasteiger partial charge in [-0.25, -0.2) is 4.98 Å². The largest absolute Gasteiger partial charge is 0.355 e. The molecule has 140 valence electrons. The number of nitrogens with one attached hydrogen (secondary N) is 1. The Morgan fingerprint density at radius 2 is 1.46 bits per heavy atom. The van der Waals surface area contributed by atoms with Gasteiger partial charge in [0, 0.05) is 16.6 Å². The summed E-state index contributed by atoms with van der Waals surface area (Å²) in [5.41, 5.74) is 7.99. The molecule has 4 aromatic rings. The van der Waals surface area contributed by atoms with Crippen LogP contribution in [0.4, 0.5) is 11.4 Å². The number of para-hydroxylation sites is 1. The van der Waals surface area contributed by atoms with Crippen molar-refractivity contribution >= 4 is 22.3 Å². The van der Waals surface area contributed by atoms with Gasteiger partial charge in [0.15, 0.2) is 0 Å². The number of fused-ring (bicyclic) bond motifs is 1. The summed E-state index contributed by atoms with van der Waals surface area (Å²) in [5, 5.41) is 4.70. The maximum atomic E-state index is 4.91. The number of pyridine rings is 1. The van der Waals surface area contributed by atoms with Crippen molar-refractivity contribution in [2.75, 3.05) is 5.32 Å². The summed E-state index contributed by atoms with van der Waals surface area (Å²) in [4.78, 5) is 4.91. The molecule has 0 bridgehead atoms. The van der Waals surface area contributed by atoms with Gasteiger partial charge in [-0.15, -0.1) is 0 Å². The second-order valence-electron chi connectivity index (χ2n) is 8.39. The zero-order chi connectivity index (χ0) is 19.7. The quantitative estimate of drug-likeness (QED) is 0.413. The van der Waals surface area contributed by atoms with Gasteiger partial charge >= 0.3 is 0 Å². The number of hydrogen-bond donors (Lipinski definition) is 1. The molecule has 0 amide bonds. The van der Waals surface area contributed by atoms with Gasteiger partial charge in [-0.05, 0) is 42.2 Å². The Bertz CT molecular complexity index is 1100. The number of aryl methyl sites for hydroxylation is 1. The van der Waals surface area contributed by atoms with E-state index in [-0.39, 0.29) is 5.41 Å². The SMILES string of the molecule is Cc1ccc(Nc2cc(-c3ccc(C(C)(C)C)cc3)nc3ccccc23)cc1. The molecule has 0 atom stereocenters. The number of hydrogen-bond acceptors (Lipinski definition) is 2. The Labute approximate surface area is 167 Å². The zero-order valence-corrected chi connectivity index (χ0v) is 17.0. The lowest BCUT2D eigenvalue weighted by atomic mass is 9.86. The van der Waals surface area contributed by atoms with E-state index in [4.69, 9.17) is 4.98 Å². The minimum atomic E-state index is 0.146. The van der Waals surface area contributed by atoms with Crippen molar-refractivity contribution in [1.29, 1.82) is 0 Å². The molecule has 0 aliphatic heterocycles. The van der Waals surface area contributed by atoms with Crippen molar-refractivity contribution in [3.8, 4) is 11.3 Å². The van der Waals surface area contributed by atoms with Gasteiger partial charge in [-0.1, -0.05) is 80.9 Å². The van der Waals surface area contributed by atoms with E-state index in [9.17, 15) is 0 Å². The summed E-state index contributed by atoms with van der Waals surface area (Å²) in [6.07, 6.45) is 0. The molecule has 0 spiro atoms. The highest BCUT2D eigenvalue weighted by molar-refractivity contribution is 5.95. The monoisotopic (exact) mass is 366 g/mol. The molecular formula is C26H26N2. The Kier molecular flexibility index (Phi) is 4.64. The third kappa shape index (κ3) is 3.77. The van der Waals surface area contributed by atoms with Crippen LogP contribution in [0, 0.1) is 6.92 Å². The first-order chi connectivity index (χ1) is 13.4. The van der Waals surface area contributed by atoms with Crippen molar-refractivity contribution < 1.29 is 0 Å². The standard InChI is InChI=1S/C26H26N2/c1-18-9-15-21(16-10-18)27-25-17-24(28-23-8-6-5-7-22(23)25)19-11-13-20(14-12-19)26(2,3)4/h5-17H,1-4H3,(H,27,28). The van der Waals surface area contributed by atoms with Crippen molar-refractivity contribution in [2.45, 2.75) is 33.1 Å². The smallest absolute Gasteiger partial charge is 0.0730 e. The number of anilines is 2. The summed E-state index contributed by atoms with van der Waals surface area (Å²) in [7, 11) is 0. The van der Waals surface area contributed by atoms with Gasteiger partial charge in [0.2, 0.25) is 0 Å². The van der Waals surface area contributed by atoms with Crippen molar-refractivity contribution in [1.82, 2.24) is 4.98 Å². The first-order valence-corrected chi connectivity index (χ1v) is 9.74. The van der Waals surface area contributed by atoms with Crippen LogP contribution in [-0.2, 0) is 5.41 Å². The van der Waals surface area contributed by atoms with E-state index in [2.05, 4.69) is 106 Å². The summed E-state index contributed by atoms with van der Waals surface area (Å²) in [6, 6.07) is 27.7. The topological polar surface area (TPSA) is 24.9 Å². The van der Waals surface area contributed by atoms with Crippen LogP contribution >= 0.6 is 0 Å². The predicted octanol–water partition coefficient (Wildman–Crippen LogP) is 7.25. The highest BCUT2D eigenvalue weighted by atomic mass is 14.9. The van der Waals surface area contributed by atoms with E-state index in [0.717, 1.165) is 33.5 Å². The Morgan fingerprint density at radius 1 is 0.786 bits per heavy atom. The fourth-order valence-electron chi connectivity index (χ4n) is 3.36. The fraction of sp³-hybridized carbons (Fsp3) is 0.192. The zero-order valence-electron chi connectivity index (χ0n) is 17.0. The second-order valence-corrected chi connectivity index (χ2v) is 8.39. The molecule has 1 heterocycles. The summed E-state index contributed by atoms with van der Waals surface area (Å²) in [6.45, 7) is 8.81. The molecule has 2 heteroatoms. The Hall–Kier alpha value is -3.13. The molecule has 0 unspecified atom stereocenters. The molecular weight excluding hydrogens is 340 g/mol. The summed E-state index contributed by atoms with van der Waals surface area (Å²) in [5.74, 6) is 0. The third-order valence-electron chi connectivity index (χ3n) is 5.09. The molecule has 2 nitrogen and oxygen atoms in total. The number of aromatic nitrogens is 1. The normalized spacial score (nSPS) is 11.6. The van der Waals surface area contributed by atoms with E-state index in [0.29, 0.717) is 0 Å². The molecule has 28 heavy (non-hydrogen) atoms. The van der Waals surface area contributed by atoms with E-state index >= 15 is 0 Å². The van der Waals surface area contributed by atoms with Crippen molar-refractivity contribution in [3.63, 3.8) is 0 Å². The number of rotatable bonds is 3. The predicted molar refractivity (Wildman–Crippen MR) is 120 cm³/mol. The second kappa shape index (κ2) is 7.12. The maximum Gasteiger partial charge on any atom is 0.0730 e. The molecule has 0 radical (unpaired) electrons. The molecule has 1 aromatic heterocycles. The molecule has 3 aromatic carbocycles. The lowest BCUT2D eigenvalue weighted by Gasteiger charge is -2.19. The molecule has 1 N–H and O–H groups in total. The van der Waals surface area contributed by atoms with Crippen LogP contribution in [0.15, 0.2) is 78.9 Å². The van der Waals surface area contributed by atoms with Crippen LogP contribution in [0.5, 0.6) is 0 Å². The first kappa shape index (κ1) is 18.2. The molecule has 4 rings (SSSR count). The van der Waals surface area contributed by atoms with Gasteiger partial charge in [-0.2, -0.15) is 0 Å². The summed E-state index contributed by atoms with van der Waals surface area (Å²) < 4.78 is 0. The maximum absolute atomic E-state index is 4.91. The summed E-state index contributed by atoms with van der Waals surface area (Å²) >= 11 is 0. The van der Waals surface area contributed by atoms with Gasteiger partial charge in [-0.3, -0.25) is 0 Å². The van der Waals surface area contributed by atoms with Crippen LogP contribution in [0.1, 0.15) is 31.9 Å². The van der Waals surface area contributed by atoms with E-state index in [1.807, 2.05) is 6.07 Å². The molecule has 0 fully saturated rings. The van der Waals surface area contributed by atoms with Crippen molar-refractivity contribution in [3.05, 3.63) is 90.0 Å². The number of nitrogens with zero attached hydrogens (tertiary/aromatic N) is 1. The lowest BCUT2D eigenvalue weighted by Crippen LogP contribution is -2.10. The molecule has 0 saturated carbocycles. The first-order valence-electron chi connectivity index (χ1n) is 9.74. The fourth-order valence-corrected chi connectivity index (χ4v) is 3.36. The van der Waals surface area contributed by atoms with Gasteiger partial charge in [0.1, 0.15) is 0 Å². The van der Waals surface area contributed by atoms with E-state index in [1.165, 1.54) is 11.1 Å². The van der Waals surface area contributed by atoms with E-state index in [1.54, 1.807) is 0 Å². The Balaban J connectivity index is 1.78. The van der Waals surface area contributed by atoms with Crippen LogP contribution in [-0.4, -0.2) is 4.98 Å². The highest BCUT2D eigenvalue weighted by Gasteiger charge is 2.14.